The molecule has 0 unspecified atom stereocenters. The number of hydrogen-bond donors (Lipinski definition) is 1. The molecular formula is C13H12N4O2. The fourth-order valence-electron chi connectivity index (χ4n) is 2.07. The molecule has 0 fully saturated rings. The average Bonchev–Trinajstić information content (AvgIpc) is 2.75. The number of imidazole rings is 1. The maximum atomic E-state index is 12.0. The molecule has 3 aromatic rings. The van der Waals surface area contributed by atoms with Gasteiger partial charge >= 0.3 is 5.69 Å². The average molecular weight is 256 g/mol. The fourth-order valence-corrected chi connectivity index (χ4v) is 2.07. The van der Waals surface area contributed by atoms with Crippen molar-refractivity contribution >= 4 is 11.2 Å². The number of H-pyrrole nitrogens is 1. The van der Waals surface area contributed by atoms with E-state index >= 15 is 0 Å². The molecule has 6 nitrogen and oxygen atoms in total. The van der Waals surface area contributed by atoms with Crippen LogP contribution in [-0.4, -0.2) is 19.1 Å². The van der Waals surface area contributed by atoms with Gasteiger partial charge in [0.25, 0.3) is 5.56 Å². The van der Waals surface area contributed by atoms with Gasteiger partial charge in [0.15, 0.2) is 5.52 Å². The van der Waals surface area contributed by atoms with E-state index in [9.17, 15) is 9.59 Å². The van der Waals surface area contributed by atoms with Gasteiger partial charge in [0.1, 0.15) is 11.5 Å². The Labute approximate surface area is 108 Å². The summed E-state index contributed by atoms with van der Waals surface area (Å²) in [4.78, 5) is 30.6. The van der Waals surface area contributed by atoms with Crippen molar-refractivity contribution in [2.45, 2.75) is 0 Å². The third-order valence-corrected chi connectivity index (χ3v) is 3.16. The monoisotopic (exact) mass is 256 g/mol. The number of nitrogens with zero attached hydrogens (tertiary/aromatic N) is 3. The standard InChI is InChI=1S/C13H12N4O2/c1-16-10(8-6-4-3-5-7-8)14-9-11(16)15-13(19)17(2)12(9)18/h3-7H,1-2H3,(H,15,19). The van der Waals surface area contributed by atoms with Gasteiger partial charge in [-0.2, -0.15) is 0 Å². The Morgan fingerprint density at radius 3 is 2.42 bits per heavy atom. The van der Waals surface area contributed by atoms with Crippen LogP contribution in [0.2, 0.25) is 0 Å². The Hall–Kier alpha value is -2.63. The van der Waals surface area contributed by atoms with Gasteiger partial charge in [0.05, 0.1) is 0 Å². The number of hydrogen-bond acceptors (Lipinski definition) is 3. The van der Waals surface area contributed by atoms with Crippen LogP contribution in [0.4, 0.5) is 0 Å². The van der Waals surface area contributed by atoms with E-state index in [0.717, 1.165) is 10.1 Å². The minimum atomic E-state index is -0.444. The Balaban J connectivity index is 2.42. The molecule has 0 amide bonds. The largest absolute Gasteiger partial charge is 0.329 e. The second-order valence-electron chi connectivity index (χ2n) is 4.35. The molecule has 0 radical (unpaired) electrons. The summed E-state index contributed by atoms with van der Waals surface area (Å²) in [6, 6.07) is 9.52. The summed E-state index contributed by atoms with van der Waals surface area (Å²) in [7, 11) is 3.20. The Kier molecular flexibility index (Phi) is 2.38. The lowest BCUT2D eigenvalue weighted by Crippen LogP contribution is -2.32. The van der Waals surface area contributed by atoms with Crippen molar-refractivity contribution in [3.8, 4) is 11.4 Å². The van der Waals surface area contributed by atoms with Gasteiger partial charge < -0.3 is 4.57 Å². The number of benzene rings is 1. The second-order valence-corrected chi connectivity index (χ2v) is 4.35. The third-order valence-electron chi connectivity index (χ3n) is 3.16. The van der Waals surface area contributed by atoms with E-state index < -0.39 is 11.2 Å². The molecule has 2 aromatic heterocycles. The van der Waals surface area contributed by atoms with Crippen LogP contribution in [-0.2, 0) is 14.1 Å². The van der Waals surface area contributed by atoms with Crippen LogP contribution >= 0.6 is 0 Å². The van der Waals surface area contributed by atoms with E-state index in [-0.39, 0.29) is 5.52 Å². The summed E-state index contributed by atoms with van der Waals surface area (Å²) in [5.41, 5.74) is 0.760. The van der Waals surface area contributed by atoms with Crippen molar-refractivity contribution in [2.75, 3.05) is 0 Å². The Bertz CT molecular complexity index is 871. The molecule has 1 N–H and O–H groups in total. The van der Waals surface area contributed by atoms with Crippen LogP contribution in [0.5, 0.6) is 0 Å². The number of aromatic nitrogens is 4. The maximum absolute atomic E-state index is 12.0. The molecule has 0 aliphatic rings. The highest BCUT2D eigenvalue weighted by Crippen LogP contribution is 2.19. The lowest BCUT2D eigenvalue weighted by Gasteiger charge is -2.01. The zero-order chi connectivity index (χ0) is 13.6. The fraction of sp³-hybridized carbons (Fsp3) is 0.154. The molecule has 0 aliphatic carbocycles. The van der Waals surface area contributed by atoms with Crippen LogP contribution in [0.1, 0.15) is 0 Å². The van der Waals surface area contributed by atoms with Gasteiger partial charge in [0.2, 0.25) is 0 Å². The molecule has 0 atom stereocenters. The molecular weight excluding hydrogens is 244 g/mol. The normalized spacial score (nSPS) is 11.1. The van der Waals surface area contributed by atoms with Gasteiger partial charge in [-0.1, -0.05) is 30.3 Å². The van der Waals surface area contributed by atoms with Crippen LogP contribution in [0.15, 0.2) is 39.9 Å². The highest BCUT2D eigenvalue weighted by atomic mass is 16.2. The van der Waals surface area contributed by atoms with Gasteiger partial charge in [-0.25, -0.2) is 9.78 Å². The molecule has 0 spiro atoms. The molecule has 0 bridgehead atoms. The SMILES string of the molecule is Cn1c(=O)[nH]c2c(nc(-c3ccccc3)n2C)c1=O. The number of nitrogens with one attached hydrogen (secondary N) is 1. The van der Waals surface area contributed by atoms with Crippen LogP contribution in [0.3, 0.4) is 0 Å². The predicted octanol–water partition coefficient (Wildman–Crippen LogP) is 0.627. The first-order valence-corrected chi connectivity index (χ1v) is 5.80. The Morgan fingerprint density at radius 1 is 1.05 bits per heavy atom. The van der Waals surface area contributed by atoms with Crippen molar-refractivity contribution < 1.29 is 0 Å². The van der Waals surface area contributed by atoms with Gasteiger partial charge in [-0.15, -0.1) is 0 Å². The van der Waals surface area contributed by atoms with Gasteiger partial charge in [-0.05, 0) is 0 Å². The predicted molar refractivity (Wildman–Crippen MR) is 72.0 cm³/mol. The van der Waals surface area contributed by atoms with Gasteiger partial charge in [-0.3, -0.25) is 14.3 Å². The molecule has 0 saturated heterocycles. The minimum Gasteiger partial charge on any atom is -0.313 e. The summed E-state index contributed by atoms with van der Waals surface area (Å²) in [6.45, 7) is 0. The zero-order valence-electron chi connectivity index (χ0n) is 10.5. The first-order chi connectivity index (χ1) is 9.09. The van der Waals surface area contributed by atoms with E-state index in [1.165, 1.54) is 7.05 Å². The van der Waals surface area contributed by atoms with Crippen molar-refractivity contribution in [3.05, 3.63) is 51.2 Å². The molecule has 1 aromatic carbocycles. The lowest BCUT2D eigenvalue weighted by atomic mass is 10.2. The number of aryl methyl sites for hydroxylation is 1. The molecule has 6 heteroatoms. The van der Waals surface area contributed by atoms with E-state index in [1.807, 2.05) is 30.3 Å². The highest BCUT2D eigenvalue weighted by Gasteiger charge is 2.14. The number of fused-ring (bicyclic) bond motifs is 1. The summed E-state index contributed by atoms with van der Waals surface area (Å²) < 4.78 is 2.73. The summed E-state index contributed by atoms with van der Waals surface area (Å²) in [5, 5.41) is 0. The Morgan fingerprint density at radius 2 is 1.74 bits per heavy atom. The maximum Gasteiger partial charge on any atom is 0.329 e. The van der Waals surface area contributed by atoms with E-state index in [1.54, 1.807) is 11.6 Å². The first-order valence-electron chi connectivity index (χ1n) is 5.80. The van der Waals surface area contributed by atoms with Crippen molar-refractivity contribution in [1.29, 1.82) is 0 Å². The zero-order valence-corrected chi connectivity index (χ0v) is 10.5. The third kappa shape index (κ3) is 1.61. The summed E-state index contributed by atoms with van der Waals surface area (Å²) in [6.07, 6.45) is 0. The molecule has 0 aliphatic heterocycles. The second kappa shape index (κ2) is 3.94. The molecule has 19 heavy (non-hydrogen) atoms. The van der Waals surface area contributed by atoms with E-state index in [2.05, 4.69) is 9.97 Å². The van der Waals surface area contributed by atoms with Crippen molar-refractivity contribution in [3.63, 3.8) is 0 Å². The van der Waals surface area contributed by atoms with Crippen LogP contribution in [0, 0.1) is 0 Å². The number of rotatable bonds is 1. The molecule has 3 rings (SSSR count). The molecule has 0 saturated carbocycles. The van der Waals surface area contributed by atoms with Crippen molar-refractivity contribution in [2.24, 2.45) is 14.1 Å². The molecule has 96 valence electrons. The molecule has 2 heterocycles. The quantitative estimate of drug-likeness (QED) is 0.694. The topological polar surface area (TPSA) is 72.7 Å². The highest BCUT2D eigenvalue weighted by molar-refractivity contribution is 5.76. The summed E-state index contributed by atoms with van der Waals surface area (Å²) >= 11 is 0. The van der Waals surface area contributed by atoms with Crippen LogP contribution < -0.4 is 11.2 Å². The van der Waals surface area contributed by atoms with Crippen LogP contribution in [0.25, 0.3) is 22.6 Å². The van der Waals surface area contributed by atoms with E-state index in [4.69, 9.17) is 0 Å². The minimum absolute atomic E-state index is 0.267. The van der Waals surface area contributed by atoms with E-state index in [0.29, 0.717) is 11.5 Å². The van der Waals surface area contributed by atoms with Gasteiger partial charge in [0, 0.05) is 19.7 Å². The number of aromatic amines is 1. The first kappa shape index (κ1) is 11.5. The summed E-state index contributed by atoms with van der Waals surface area (Å²) in [5.74, 6) is 0.648. The van der Waals surface area contributed by atoms with Crippen molar-refractivity contribution in [1.82, 2.24) is 19.1 Å². The smallest absolute Gasteiger partial charge is 0.313 e. The lowest BCUT2D eigenvalue weighted by molar-refractivity contribution is 0.784.